The lowest BCUT2D eigenvalue weighted by Gasteiger charge is -2.13. The topological polar surface area (TPSA) is 20.2 Å². The fourth-order valence-electron chi connectivity index (χ4n) is 1.65. The van der Waals surface area contributed by atoms with Crippen molar-refractivity contribution in [1.82, 2.24) is 0 Å². The predicted molar refractivity (Wildman–Crippen MR) is 55.7 cm³/mol. The van der Waals surface area contributed by atoms with E-state index in [-0.39, 0.29) is 5.82 Å². The molecule has 0 fully saturated rings. The SMILES string of the molecule is CCCC(O)c1cc(C)cc(C)c1F. The molecule has 0 saturated carbocycles. The van der Waals surface area contributed by atoms with E-state index in [2.05, 4.69) is 0 Å². The molecule has 1 rings (SSSR count). The van der Waals surface area contributed by atoms with E-state index >= 15 is 0 Å². The van der Waals surface area contributed by atoms with Gasteiger partial charge >= 0.3 is 0 Å². The summed E-state index contributed by atoms with van der Waals surface area (Å²) in [6.45, 7) is 5.61. The van der Waals surface area contributed by atoms with Crippen LogP contribution in [0, 0.1) is 19.7 Å². The number of aryl methyl sites for hydroxylation is 2. The van der Waals surface area contributed by atoms with E-state index in [1.165, 1.54) is 0 Å². The molecule has 1 N–H and O–H groups in total. The molecular formula is C12H17FO. The van der Waals surface area contributed by atoms with Crippen LogP contribution in [0.25, 0.3) is 0 Å². The minimum Gasteiger partial charge on any atom is -0.388 e. The molecule has 0 spiro atoms. The minimum atomic E-state index is -0.668. The molecule has 0 heterocycles. The molecule has 0 bridgehead atoms. The van der Waals surface area contributed by atoms with Crippen molar-refractivity contribution in [2.24, 2.45) is 0 Å². The molecule has 0 radical (unpaired) electrons. The Morgan fingerprint density at radius 1 is 1.36 bits per heavy atom. The van der Waals surface area contributed by atoms with Gasteiger partial charge in [-0.25, -0.2) is 4.39 Å². The third-order valence-electron chi connectivity index (χ3n) is 2.35. The maximum absolute atomic E-state index is 13.6. The molecule has 2 heteroatoms. The summed E-state index contributed by atoms with van der Waals surface area (Å²) in [6, 6.07) is 3.51. The van der Waals surface area contributed by atoms with Gasteiger partial charge in [0, 0.05) is 5.56 Å². The molecule has 0 aromatic heterocycles. The second-order valence-corrected chi connectivity index (χ2v) is 3.79. The zero-order valence-electron chi connectivity index (χ0n) is 8.97. The summed E-state index contributed by atoms with van der Waals surface area (Å²) in [5.74, 6) is -0.267. The lowest BCUT2D eigenvalue weighted by Crippen LogP contribution is -2.02. The van der Waals surface area contributed by atoms with E-state index in [1.54, 1.807) is 19.1 Å². The van der Waals surface area contributed by atoms with Crippen molar-refractivity contribution in [3.05, 3.63) is 34.6 Å². The average molecular weight is 196 g/mol. The van der Waals surface area contributed by atoms with Crippen LogP contribution in [0.4, 0.5) is 4.39 Å². The summed E-state index contributed by atoms with van der Waals surface area (Å²) in [5.41, 5.74) is 2.04. The minimum absolute atomic E-state index is 0.267. The van der Waals surface area contributed by atoms with Crippen LogP contribution in [-0.4, -0.2) is 5.11 Å². The van der Waals surface area contributed by atoms with Crippen molar-refractivity contribution < 1.29 is 9.50 Å². The van der Waals surface area contributed by atoms with Crippen LogP contribution < -0.4 is 0 Å². The van der Waals surface area contributed by atoms with Gasteiger partial charge in [0.15, 0.2) is 0 Å². The van der Waals surface area contributed by atoms with Crippen molar-refractivity contribution in [1.29, 1.82) is 0 Å². The standard InChI is InChI=1S/C12H17FO/c1-4-5-11(14)10-7-8(2)6-9(3)12(10)13/h6-7,11,14H,4-5H2,1-3H3. The van der Waals surface area contributed by atoms with Gasteiger partial charge in [-0.3, -0.25) is 0 Å². The smallest absolute Gasteiger partial charge is 0.131 e. The molecule has 0 aliphatic rings. The van der Waals surface area contributed by atoms with Gasteiger partial charge in [-0.15, -0.1) is 0 Å². The molecule has 0 amide bonds. The van der Waals surface area contributed by atoms with Crippen LogP contribution in [0.3, 0.4) is 0 Å². The van der Waals surface area contributed by atoms with Gasteiger partial charge < -0.3 is 5.11 Å². The van der Waals surface area contributed by atoms with E-state index in [4.69, 9.17) is 0 Å². The normalized spacial score (nSPS) is 12.9. The Hall–Kier alpha value is -0.890. The molecule has 1 unspecified atom stereocenters. The first-order chi connectivity index (χ1) is 6.56. The van der Waals surface area contributed by atoms with Gasteiger partial charge in [0.05, 0.1) is 6.10 Å². The quantitative estimate of drug-likeness (QED) is 0.786. The Morgan fingerprint density at radius 2 is 2.00 bits per heavy atom. The van der Waals surface area contributed by atoms with Crippen LogP contribution in [-0.2, 0) is 0 Å². The highest BCUT2D eigenvalue weighted by atomic mass is 19.1. The largest absolute Gasteiger partial charge is 0.388 e. The molecule has 0 saturated heterocycles. The second kappa shape index (κ2) is 4.56. The van der Waals surface area contributed by atoms with Gasteiger partial charge in [0.2, 0.25) is 0 Å². The Morgan fingerprint density at radius 3 is 2.57 bits per heavy atom. The summed E-state index contributed by atoms with van der Waals surface area (Å²) in [6.07, 6.45) is 0.798. The Labute approximate surface area is 84.6 Å². The molecule has 0 aliphatic carbocycles. The van der Waals surface area contributed by atoms with Gasteiger partial charge in [0.25, 0.3) is 0 Å². The highest BCUT2D eigenvalue weighted by Gasteiger charge is 2.13. The Bertz CT molecular complexity index is 320. The summed E-state index contributed by atoms with van der Waals surface area (Å²) >= 11 is 0. The fourth-order valence-corrected chi connectivity index (χ4v) is 1.65. The Balaban J connectivity index is 3.07. The van der Waals surface area contributed by atoms with Crippen molar-refractivity contribution in [3.63, 3.8) is 0 Å². The molecule has 1 atom stereocenters. The first-order valence-electron chi connectivity index (χ1n) is 5.01. The van der Waals surface area contributed by atoms with E-state index in [0.29, 0.717) is 17.5 Å². The van der Waals surface area contributed by atoms with E-state index in [1.807, 2.05) is 13.8 Å². The monoisotopic (exact) mass is 196 g/mol. The number of halogens is 1. The van der Waals surface area contributed by atoms with Crippen LogP contribution in [0.2, 0.25) is 0 Å². The molecule has 78 valence electrons. The number of aliphatic hydroxyl groups is 1. The zero-order valence-corrected chi connectivity index (χ0v) is 8.97. The molecule has 1 nitrogen and oxygen atoms in total. The molecule has 14 heavy (non-hydrogen) atoms. The predicted octanol–water partition coefficient (Wildman–Crippen LogP) is 3.28. The number of hydrogen-bond donors (Lipinski definition) is 1. The van der Waals surface area contributed by atoms with Crippen LogP contribution >= 0.6 is 0 Å². The van der Waals surface area contributed by atoms with Crippen LogP contribution in [0.5, 0.6) is 0 Å². The zero-order chi connectivity index (χ0) is 10.7. The number of benzene rings is 1. The maximum Gasteiger partial charge on any atom is 0.131 e. The summed E-state index contributed by atoms with van der Waals surface area (Å²) < 4.78 is 13.6. The molecule has 1 aromatic carbocycles. The van der Waals surface area contributed by atoms with Crippen molar-refractivity contribution in [2.45, 2.75) is 39.7 Å². The van der Waals surface area contributed by atoms with Crippen molar-refractivity contribution >= 4 is 0 Å². The van der Waals surface area contributed by atoms with Crippen LogP contribution in [0.1, 0.15) is 42.6 Å². The average Bonchev–Trinajstić information content (AvgIpc) is 2.11. The van der Waals surface area contributed by atoms with Crippen LogP contribution in [0.15, 0.2) is 12.1 Å². The van der Waals surface area contributed by atoms with E-state index in [0.717, 1.165) is 12.0 Å². The number of rotatable bonds is 3. The Kier molecular flexibility index (Phi) is 3.64. The van der Waals surface area contributed by atoms with E-state index in [9.17, 15) is 9.50 Å². The van der Waals surface area contributed by atoms with Gasteiger partial charge in [0.1, 0.15) is 5.82 Å². The first-order valence-corrected chi connectivity index (χ1v) is 5.01. The highest BCUT2D eigenvalue weighted by molar-refractivity contribution is 5.31. The van der Waals surface area contributed by atoms with Gasteiger partial charge in [-0.05, 0) is 25.8 Å². The third kappa shape index (κ3) is 2.32. The third-order valence-corrected chi connectivity index (χ3v) is 2.35. The molecule has 1 aromatic rings. The number of hydrogen-bond acceptors (Lipinski definition) is 1. The van der Waals surface area contributed by atoms with E-state index < -0.39 is 6.10 Å². The van der Waals surface area contributed by atoms with Crippen molar-refractivity contribution in [2.75, 3.05) is 0 Å². The second-order valence-electron chi connectivity index (χ2n) is 3.79. The fraction of sp³-hybridized carbons (Fsp3) is 0.500. The van der Waals surface area contributed by atoms with Gasteiger partial charge in [-0.2, -0.15) is 0 Å². The number of aliphatic hydroxyl groups excluding tert-OH is 1. The first kappa shape index (κ1) is 11.2. The lowest BCUT2D eigenvalue weighted by molar-refractivity contribution is 0.161. The lowest BCUT2D eigenvalue weighted by atomic mass is 9.99. The summed E-state index contributed by atoms with van der Waals surface area (Å²) in [5, 5.41) is 9.71. The highest BCUT2D eigenvalue weighted by Crippen LogP contribution is 2.24. The summed E-state index contributed by atoms with van der Waals surface area (Å²) in [7, 11) is 0. The molecule has 0 aliphatic heterocycles. The maximum atomic E-state index is 13.6. The van der Waals surface area contributed by atoms with Gasteiger partial charge in [-0.1, -0.05) is 31.0 Å². The molecular weight excluding hydrogens is 179 g/mol. The van der Waals surface area contributed by atoms with Crippen molar-refractivity contribution in [3.8, 4) is 0 Å². The summed E-state index contributed by atoms with van der Waals surface area (Å²) in [4.78, 5) is 0.